The zero-order valence-electron chi connectivity index (χ0n) is 13.4. The molecule has 0 rings (SSSR count). The fourth-order valence-corrected chi connectivity index (χ4v) is 2.35. The molecule has 0 radical (unpaired) electrons. The molecule has 0 bridgehead atoms. The van der Waals surface area contributed by atoms with E-state index in [0.29, 0.717) is 6.42 Å². The van der Waals surface area contributed by atoms with Crippen molar-refractivity contribution in [3.63, 3.8) is 0 Å². The molecule has 0 heterocycles. The molecule has 0 unspecified atom stereocenters. The number of aliphatic carboxylic acids is 1. The first kappa shape index (κ1) is 24.1. The third-order valence-corrected chi connectivity index (χ3v) is 3.65. The molecule has 1 N–H and O–H groups in total. The van der Waals surface area contributed by atoms with Gasteiger partial charge in [-0.2, -0.15) is 0 Å². The summed E-state index contributed by atoms with van der Waals surface area (Å²) in [5.41, 5.74) is 0. The van der Waals surface area contributed by atoms with E-state index >= 15 is 0 Å². The van der Waals surface area contributed by atoms with Gasteiger partial charge in [0.25, 0.3) is 0 Å². The first-order valence-corrected chi connectivity index (χ1v) is 8.64. The molecule has 0 saturated carbocycles. The van der Waals surface area contributed by atoms with Gasteiger partial charge in [0, 0.05) is 6.42 Å². The summed E-state index contributed by atoms with van der Waals surface area (Å²) in [4.78, 5) is 10.3. The molecule has 0 spiro atoms. The maximum absolute atomic E-state index is 10.3. The van der Waals surface area contributed by atoms with Gasteiger partial charge >= 0.3 is 57.4 Å². The summed E-state index contributed by atoms with van der Waals surface area (Å²) in [5.74, 6) is -0.677. The molecule has 0 fully saturated rings. The van der Waals surface area contributed by atoms with Gasteiger partial charge in [-0.3, -0.25) is 4.79 Å². The quantitative estimate of drug-likeness (QED) is 0.247. The number of unbranched alkanes of at least 4 members (excludes halogenated alkanes) is 11. The molecule has 21 heavy (non-hydrogen) atoms. The Morgan fingerprint density at radius 1 is 0.762 bits per heavy atom. The first-order valence-electron chi connectivity index (χ1n) is 8.64. The zero-order valence-corrected chi connectivity index (χ0v) is 13.4. The van der Waals surface area contributed by atoms with Crippen molar-refractivity contribution in [3.8, 4) is 0 Å². The molecule has 0 saturated heterocycles. The summed E-state index contributed by atoms with van der Waals surface area (Å²) >= 11 is 0. The Kier molecular flexibility index (Phi) is 23.9. The summed E-state index contributed by atoms with van der Waals surface area (Å²) in [6.07, 6.45) is 21.3. The summed E-state index contributed by atoms with van der Waals surface area (Å²) < 4.78 is 0. The minimum atomic E-state index is -0.677. The van der Waals surface area contributed by atoms with Crippen molar-refractivity contribution in [3.05, 3.63) is 12.2 Å². The van der Waals surface area contributed by atoms with Gasteiger partial charge in [0.2, 0.25) is 0 Å². The van der Waals surface area contributed by atoms with Crippen LogP contribution in [0.2, 0.25) is 0 Å². The van der Waals surface area contributed by atoms with Crippen molar-refractivity contribution in [2.45, 2.75) is 96.8 Å². The average molecular weight is 323 g/mol. The van der Waals surface area contributed by atoms with Crippen molar-refractivity contribution in [1.82, 2.24) is 0 Å². The Balaban J connectivity index is 0. The molecule has 3 heteroatoms. The molecular weight excluding hydrogens is 287 g/mol. The number of carboxylic acids is 1. The van der Waals surface area contributed by atoms with Gasteiger partial charge in [0.1, 0.15) is 0 Å². The van der Waals surface area contributed by atoms with E-state index in [2.05, 4.69) is 19.1 Å². The molecule has 2 nitrogen and oxygen atoms in total. The van der Waals surface area contributed by atoms with Crippen LogP contribution < -0.4 is 0 Å². The predicted molar refractivity (Wildman–Crippen MR) is 94.2 cm³/mol. The van der Waals surface area contributed by atoms with Crippen LogP contribution in [0.3, 0.4) is 0 Å². The van der Waals surface area contributed by atoms with E-state index in [4.69, 9.17) is 5.11 Å². The second-order valence-electron chi connectivity index (χ2n) is 5.73. The Morgan fingerprint density at radius 3 is 1.67 bits per heavy atom. The van der Waals surface area contributed by atoms with Crippen LogP contribution in [0.25, 0.3) is 0 Å². The van der Waals surface area contributed by atoms with Gasteiger partial charge in [0.15, 0.2) is 0 Å². The molecule has 0 atom stereocenters. The van der Waals surface area contributed by atoms with Gasteiger partial charge in [-0.05, 0) is 32.1 Å². The number of hydrogen-bond acceptors (Lipinski definition) is 1. The molecule has 120 valence electrons. The van der Waals surface area contributed by atoms with Crippen LogP contribution in [0, 0.1) is 0 Å². The van der Waals surface area contributed by atoms with Crippen LogP contribution in [0.1, 0.15) is 96.8 Å². The predicted octanol–water partition coefficient (Wildman–Crippen LogP) is 5.46. The Labute approximate surface area is 174 Å². The topological polar surface area (TPSA) is 37.3 Å². The first-order chi connectivity index (χ1) is 9.77. The normalized spacial score (nSPS) is 10.7. The molecule has 0 aromatic carbocycles. The van der Waals surface area contributed by atoms with E-state index < -0.39 is 5.97 Å². The molecule has 0 aromatic heterocycles. The summed E-state index contributed by atoms with van der Waals surface area (Å²) in [7, 11) is 0. The minimum absolute atomic E-state index is 0. The van der Waals surface area contributed by atoms with E-state index in [0.717, 1.165) is 19.3 Å². The van der Waals surface area contributed by atoms with Crippen LogP contribution in [0.4, 0.5) is 0 Å². The molecule has 0 amide bonds. The molecule has 0 aliphatic rings. The van der Waals surface area contributed by atoms with Crippen LogP contribution in [-0.4, -0.2) is 62.5 Å². The maximum atomic E-state index is 10.3. The Morgan fingerprint density at radius 2 is 1.19 bits per heavy atom. The molecular formula is C18H35KO2. The zero-order chi connectivity index (χ0) is 14.9. The van der Waals surface area contributed by atoms with Crippen molar-refractivity contribution in [1.29, 1.82) is 0 Å². The van der Waals surface area contributed by atoms with Gasteiger partial charge in [-0.15, -0.1) is 0 Å². The average Bonchev–Trinajstić information content (AvgIpc) is 2.43. The van der Waals surface area contributed by atoms with Crippen LogP contribution in [-0.2, 0) is 4.79 Å². The molecule has 0 aromatic rings. The third-order valence-electron chi connectivity index (χ3n) is 3.65. The van der Waals surface area contributed by atoms with Crippen molar-refractivity contribution < 1.29 is 9.90 Å². The monoisotopic (exact) mass is 322 g/mol. The van der Waals surface area contributed by atoms with Crippen molar-refractivity contribution in [2.75, 3.05) is 0 Å². The van der Waals surface area contributed by atoms with Gasteiger partial charge < -0.3 is 5.11 Å². The fourth-order valence-electron chi connectivity index (χ4n) is 2.35. The number of hydrogen-bond donors (Lipinski definition) is 1. The SMILES string of the molecule is CCCCCCCCCCC/C=C\CCCCC(=O)O.[KH]. The third kappa shape index (κ3) is 23.2. The van der Waals surface area contributed by atoms with E-state index in [9.17, 15) is 4.79 Å². The van der Waals surface area contributed by atoms with E-state index in [-0.39, 0.29) is 51.4 Å². The standard InChI is InChI=1S/C18H34O2.K.H/c1-2-3-4-5-6-7-8-9-10-11-12-13-14-15-16-17-18(19)20;;/h12-13H,2-11,14-17H2,1H3,(H,19,20);;/b13-12-;;. The van der Waals surface area contributed by atoms with Gasteiger partial charge in [0.05, 0.1) is 0 Å². The Bertz CT molecular complexity index is 239. The number of carbonyl (C=O) groups is 1. The fraction of sp³-hybridized carbons (Fsp3) is 0.833. The second kappa shape index (κ2) is 20.8. The van der Waals surface area contributed by atoms with Gasteiger partial charge in [-0.1, -0.05) is 70.4 Å². The summed E-state index contributed by atoms with van der Waals surface area (Å²) in [6.45, 7) is 2.26. The van der Waals surface area contributed by atoms with Crippen LogP contribution in [0.15, 0.2) is 12.2 Å². The number of allylic oxidation sites excluding steroid dienone is 2. The summed E-state index contributed by atoms with van der Waals surface area (Å²) in [5, 5.41) is 8.50. The van der Waals surface area contributed by atoms with Crippen LogP contribution in [0.5, 0.6) is 0 Å². The van der Waals surface area contributed by atoms with Crippen LogP contribution >= 0.6 is 0 Å². The Hall–Kier alpha value is 0.846. The second-order valence-corrected chi connectivity index (χ2v) is 5.73. The number of rotatable bonds is 15. The van der Waals surface area contributed by atoms with Crippen molar-refractivity contribution in [2.24, 2.45) is 0 Å². The van der Waals surface area contributed by atoms with E-state index in [1.807, 2.05) is 0 Å². The van der Waals surface area contributed by atoms with E-state index in [1.165, 1.54) is 64.2 Å². The summed E-state index contributed by atoms with van der Waals surface area (Å²) in [6, 6.07) is 0. The van der Waals surface area contributed by atoms with E-state index in [1.54, 1.807) is 0 Å². The number of carboxylic acid groups (broad SMARTS) is 1. The molecule has 0 aliphatic carbocycles. The molecule has 0 aliphatic heterocycles. The van der Waals surface area contributed by atoms with Gasteiger partial charge in [-0.25, -0.2) is 0 Å². The van der Waals surface area contributed by atoms with Crippen molar-refractivity contribution >= 4 is 57.4 Å².